The summed E-state index contributed by atoms with van der Waals surface area (Å²) in [5.74, 6) is 0.746. The molecule has 1 aliphatic rings. The lowest BCUT2D eigenvalue weighted by atomic mass is 9.92. The van der Waals surface area contributed by atoms with E-state index >= 15 is 0 Å². The van der Waals surface area contributed by atoms with E-state index in [-0.39, 0.29) is 5.41 Å². The molecule has 4 nitrogen and oxygen atoms in total. The summed E-state index contributed by atoms with van der Waals surface area (Å²) < 4.78 is 7.26. The van der Waals surface area contributed by atoms with Gasteiger partial charge in [0.15, 0.2) is 0 Å². The molecule has 1 unspecified atom stereocenters. The van der Waals surface area contributed by atoms with Crippen LogP contribution in [0.1, 0.15) is 38.9 Å². The predicted molar refractivity (Wildman–Crippen MR) is 59.8 cm³/mol. The van der Waals surface area contributed by atoms with Crippen LogP contribution in [0.5, 0.6) is 0 Å². The van der Waals surface area contributed by atoms with Crippen LogP contribution in [0.2, 0.25) is 0 Å². The van der Waals surface area contributed by atoms with Crippen molar-refractivity contribution < 1.29 is 4.74 Å². The lowest BCUT2D eigenvalue weighted by molar-refractivity contribution is 0.184. The summed E-state index contributed by atoms with van der Waals surface area (Å²) in [6.07, 6.45) is 1.01. The molecule has 4 heteroatoms. The van der Waals surface area contributed by atoms with Gasteiger partial charge >= 0.3 is 0 Å². The van der Waals surface area contributed by atoms with Gasteiger partial charge in [-0.2, -0.15) is 5.10 Å². The van der Waals surface area contributed by atoms with E-state index in [9.17, 15) is 0 Å². The summed E-state index contributed by atoms with van der Waals surface area (Å²) in [6, 6.07) is 2.29. The second-order valence-corrected chi connectivity index (χ2v) is 5.17. The first kappa shape index (κ1) is 10.5. The molecule has 84 valence electrons. The first-order chi connectivity index (χ1) is 6.98. The van der Waals surface area contributed by atoms with E-state index < -0.39 is 0 Å². The third-order valence-corrected chi connectivity index (χ3v) is 2.78. The van der Waals surface area contributed by atoms with E-state index in [0.29, 0.717) is 6.04 Å². The van der Waals surface area contributed by atoms with Crippen LogP contribution in [-0.2, 0) is 10.2 Å². The van der Waals surface area contributed by atoms with Crippen molar-refractivity contribution in [2.75, 3.05) is 18.9 Å². The molecular formula is C11H19N3O. The van der Waals surface area contributed by atoms with Crippen LogP contribution in [0.25, 0.3) is 0 Å². The van der Waals surface area contributed by atoms with Gasteiger partial charge in [-0.1, -0.05) is 20.8 Å². The Morgan fingerprint density at radius 2 is 2.27 bits per heavy atom. The molecule has 0 radical (unpaired) electrons. The van der Waals surface area contributed by atoms with Crippen LogP contribution in [-0.4, -0.2) is 23.0 Å². The molecule has 0 aliphatic carbocycles. The van der Waals surface area contributed by atoms with Crippen molar-refractivity contribution in [1.82, 2.24) is 9.78 Å². The lowest BCUT2D eigenvalue weighted by Gasteiger charge is -2.15. The fourth-order valence-electron chi connectivity index (χ4n) is 1.78. The zero-order chi connectivity index (χ0) is 11.1. The topological polar surface area (TPSA) is 53.1 Å². The number of ether oxygens (including phenoxy) is 1. The molecule has 1 aromatic rings. The summed E-state index contributed by atoms with van der Waals surface area (Å²) in [5, 5.41) is 4.57. The Labute approximate surface area is 90.4 Å². The molecule has 0 bridgehead atoms. The number of rotatable bonds is 1. The van der Waals surface area contributed by atoms with E-state index in [1.54, 1.807) is 0 Å². The number of aromatic nitrogens is 2. The van der Waals surface area contributed by atoms with E-state index in [4.69, 9.17) is 10.5 Å². The zero-order valence-corrected chi connectivity index (χ0v) is 9.66. The van der Waals surface area contributed by atoms with E-state index in [2.05, 4.69) is 25.9 Å². The molecule has 1 saturated heterocycles. The van der Waals surface area contributed by atoms with E-state index in [1.807, 2.05) is 10.7 Å². The van der Waals surface area contributed by atoms with Crippen molar-refractivity contribution in [3.63, 3.8) is 0 Å². The number of nitrogens with zero attached hydrogens (tertiary/aromatic N) is 2. The maximum atomic E-state index is 5.96. The fourth-order valence-corrected chi connectivity index (χ4v) is 1.78. The van der Waals surface area contributed by atoms with Crippen molar-refractivity contribution >= 4 is 5.82 Å². The van der Waals surface area contributed by atoms with Crippen LogP contribution in [0.15, 0.2) is 6.07 Å². The summed E-state index contributed by atoms with van der Waals surface area (Å²) in [4.78, 5) is 0. The standard InChI is InChI=1S/C11H19N3O/c1-11(2,3)9-6-10(12)14(13-9)8-4-5-15-7-8/h6,8H,4-5,7,12H2,1-3H3. The normalized spacial score (nSPS) is 22.2. The number of hydrogen-bond donors (Lipinski definition) is 1. The minimum atomic E-state index is 0.0544. The maximum absolute atomic E-state index is 5.96. The number of nitrogen functional groups attached to an aromatic ring is 1. The second kappa shape index (κ2) is 3.52. The molecule has 1 aliphatic heterocycles. The molecule has 1 fully saturated rings. The number of nitrogens with two attached hydrogens (primary N) is 1. The molecular weight excluding hydrogens is 190 g/mol. The summed E-state index contributed by atoms with van der Waals surface area (Å²) in [6.45, 7) is 7.98. The molecule has 0 spiro atoms. The Morgan fingerprint density at radius 1 is 1.53 bits per heavy atom. The van der Waals surface area contributed by atoms with Gasteiger partial charge in [0.25, 0.3) is 0 Å². The van der Waals surface area contributed by atoms with Crippen LogP contribution in [0, 0.1) is 0 Å². The zero-order valence-electron chi connectivity index (χ0n) is 9.66. The Balaban J connectivity index is 2.29. The molecule has 0 amide bonds. The van der Waals surface area contributed by atoms with Crippen molar-refractivity contribution in [3.8, 4) is 0 Å². The Kier molecular flexibility index (Phi) is 2.46. The maximum Gasteiger partial charge on any atom is 0.122 e. The van der Waals surface area contributed by atoms with Gasteiger partial charge in [0.2, 0.25) is 0 Å². The van der Waals surface area contributed by atoms with Crippen molar-refractivity contribution in [2.45, 2.75) is 38.6 Å². The van der Waals surface area contributed by atoms with Crippen LogP contribution in [0.3, 0.4) is 0 Å². The lowest BCUT2D eigenvalue weighted by Crippen LogP contribution is -2.16. The smallest absolute Gasteiger partial charge is 0.122 e. The third kappa shape index (κ3) is 2.00. The molecule has 2 rings (SSSR count). The number of anilines is 1. The summed E-state index contributed by atoms with van der Waals surface area (Å²) >= 11 is 0. The summed E-state index contributed by atoms with van der Waals surface area (Å²) in [5.41, 5.74) is 7.07. The van der Waals surface area contributed by atoms with Crippen molar-refractivity contribution in [1.29, 1.82) is 0 Å². The highest BCUT2D eigenvalue weighted by molar-refractivity contribution is 5.34. The molecule has 1 aromatic heterocycles. The minimum Gasteiger partial charge on any atom is -0.384 e. The van der Waals surface area contributed by atoms with E-state index in [1.165, 1.54) is 0 Å². The predicted octanol–water partition coefficient (Wildman–Crippen LogP) is 1.72. The minimum absolute atomic E-state index is 0.0544. The van der Waals surface area contributed by atoms with Gasteiger partial charge in [-0.15, -0.1) is 0 Å². The highest BCUT2D eigenvalue weighted by Gasteiger charge is 2.24. The summed E-state index contributed by atoms with van der Waals surface area (Å²) in [7, 11) is 0. The average molecular weight is 209 g/mol. The van der Waals surface area contributed by atoms with E-state index in [0.717, 1.165) is 31.1 Å². The molecule has 0 saturated carbocycles. The van der Waals surface area contributed by atoms with Gasteiger partial charge < -0.3 is 10.5 Å². The number of hydrogen-bond acceptors (Lipinski definition) is 3. The average Bonchev–Trinajstić information content (AvgIpc) is 2.69. The molecule has 2 N–H and O–H groups in total. The first-order valence-corrected chi connectivity index (χ1v) is 5.42. The van der Waals surface area contributed by atoms with Crippen molar-refractivity contribution in [2.24, 2.45) is 0 Å². The Hall–Kier alpha value is -1.03. The fraction of sp³-hybridized carbons (Fsp3) is 0.727. The van der Waals surface area contributed by atoms with Crippen LogP contribution in [0.4, 0.5) is 5.82 Å². The van der Waals surface area contributed by atoms with Gasteiger partial charge in [-0.25, -0.2) is 4.68 Å². The van der Waals surface area contributed by atoms with Gasteiger partial charge in [-0.05, 0) is 6.42 Å². The highest BCUT2D eigenvalue weighted by Crippen LogP contribution is 2.27. The SMILES string of the molecule is CC(C)(C)c1cc(N)n(C2CCOC2)n1. The largest absolute Gasteiger partial charge is 0.384 e. The third-order valence-electron chi connectivity index (χ3n) is 2.78. The van der Waals surface area contributed by atoms with Gasteiger partial charge in [0, 0.05) is 18.1 Å². The quantitative estimate of drug-likeness (QED) is 0.766. The Bertz CT molecular complexity index is 345. The monoisotopic (exact) mass is 209 g/mol. The molecule has 2 heterocycles. The first-order valence-electron chi connectivity index (χ1n) is 5.42. The Morgan fingerprint density at radius 3 is 2.73 bits per heavy atom. The molecule has 0 aromatic carbocycles. The second-order valence-electron chi connectivity index (χ2n) is 5.17. The van der Waals surface area contributed by atoms with Crippen LogP contribution < -0.4 is 5.73 Å². The highest BCUT2D eigenvalue weighted by atomic mass is 16.5. The molecule has 1 atom stereocenters. The van der Waals surface area contributed by atoms with Gasteiger partial charge in [0.05, 0.1) is 18.3 Å². The van der Waals surface area contributed by atoms with Crippen LogP contribution >= 0.6 is 0 Å². The van der Waals surface area contributed by atoms with Gasteiger partial charge in [-0.3, -0.25) is 0 Å². The molecule has 15 heavy (non-hydrogen) atoms. The van der Waals surface area contributed by atoms with Crippen molar-refractivity contribution in [3.05, 3.63) is 11.8 Å². The van der Waals surface area contributed by atoms with Gasteiger partial charge in [0.1, 0.15) is 5.82 Å².